The van der Waals surface area contributed by atoms with Crippen molar-refractivity contribution >= 4 is 11.9 Å². The highest BCUT2D eigenvalue weighted by Gasteiger charge is 2.16. The summed E-state index contributed by atoms with van der Waals surface area (Å²) >= 11 is 0. The highest BCUT2D eigenvalue weighted by atomic mass is 16.4. The summed E-state index contributed by atoms with van der Waals surface area (Å²) in [6.07, 6.45) is -1.96. The molecular weight excluding hydrogens is 220 g/mol. The summed E-state index contributed by atoms with van der Waals surface area (Å²) in [5, 5.41) is 33.1. The van der Waals surface area contributed by atoms with E-state index in [1.807, 2.05) is 0 Å². The van der Waals surface area contributed by atoms with Crippen LogP contribution in [0, 0.1) is 0 Å². The van der Waals surface area contributed by atoms with Crippen LogP contribution in [0.1, 0.15) is 13.8 Å². The molecule has 16 heavy (non-hydrogen) atoms. The van der Waals surface area contributed by atoms with Crippen molar-refractivity contribution in [2.24, 2.45) is 11.5 Å². The van der Waals surface area contributed by atoms with E-state index < -0.39 is 36.2 Å². The van der Waals surface area contributed by atoms with Gasteiger partial charge in [-0.25, -0.2) is 0 Å². The topological polar surface area (TPSA) is 167 Å². The summed E-state index contributed by atoms with van der Waals surface area (Å²) < 4.78 is 0. The fourth-order valence-electron chi connectivity index (χ4n) is 0.413. The van der Waals surface area contributed by atoms with Crippen molar-refractivity contribution < 1.29 is 30.0 Å². The Balaban J connectivity index is 0. The van der Waals surface area contributed by atoms with Crippen molar-refractivity contribution in [2.75, 3.05) is 0 Å². The van der Waals surface area contributed by atoms with Crippen molar-refractivity contribution in [1.29, 1.82) is 0 Å². The van der Waals surface area contributed by atoms with Gasteiger partial charge in [0.2, 0.25) is 0 Å². The van der Waals surface area contributed by atoms with E-state index in [4.69, 9.17) is 31.9 Å². The Bertz CT molecular complexity index is 207. The van der Waals surface area contributed by atoms with Crippen LogP contribution in [0.4, 0.5) is 0 Å². The van der Waals surface area contributed by atoms with Gasteiger partial charge < -0.3 is 31.9 Å². The lowest BCUT2D eigenvalue weighted by atomic mass is 10.2. The average Bonchev–Trinajstić information content (AvgIpc) is 2.15. The first-order chi connectivity index (χ1) is 7.11. The summed E-state index contributed by atoms with van der Waals surface area (Å²) in [5.41, 5.74) is 9.82. The number of carboxylic acids is 2. The lowest BCUT2D eigenvalue weighted by Crippen LogP contribution is -2.39. The molecule has 8 nitrogen and oxygen atoms in total. The fourth-order valence-corrected chi connectivity index (χ4v) is 0.413. The fraction of sp³-hybridized carbons (Fsp3) is 0.750. The second kappa shape index (κ2) is 7.99. The second-order valence-electron chi connectivity index (χ2n) is 3.21. The molecule has 0 fully saturated rings. The largest absolute Gasteiger partial charge is 0.480 e. The third-order valence-electron chi connectivity index (χ3n) is 1.61. The third kappa shape index (κ3) is 8.12. The first-order valence-electron chi connectivity index (χ1n) is 4.44. The maximum Gasteiger partial charge on any atom is 0.323 e. The number of aliphatic carboxylic acids is 2. The minimum atomic E-state index is -1.18. The normalized spacial score (nSPS) is 17.4. The Morgan fingerprint density at radius 3 is 1.06 bits per heavy atom. The Morgan fingerprint density at radius 1 is 0.875 bits per heavy atom. The van der Waals surface area contributed by atoms with Crippen molar-refractivity contribution in [3.05, 3.63) is 0 Å². The van der Waals surface area contributed by atoms with Gasteiger partial charge in [0, 0.05) is 0 Å². The van der Waals surface area contributed by atoms with Gasteiger partial charge in [-0.3, -0.25) is 9.59 Å². The molecule has 96 valence electrons. The van der Waals surface area contributed by atoms with E-state index in [9.17, 15) is 9.59 Å². The van der Waals surface area contributed by atoms with E-state index in [0.29, 0.717) is 0 Å². The van der Waals surface area contributed by atoms with Crippen molar-refractivity contribution in [1.82, 2.24) is 0 Å². The lowest BCUT2D eigenvalue weighted by molar-refractivity contribution is -0.141. The van der Waals surface area contributed by atoms with Gasteiger partial charge >= 0.3 is 11.9 Å². The molecule has 0 aromatic heterocycles. The number of hydrogen-bond acceptors (Lipinski definition) is 6. The Hall–Kier alpha value is -1.22. The van der Waals surface area contributed by atoms with Crippen LogP contribution in [0.15, 0.2) is 0 Å². The molecule has 0 aliphatic rings. The highest BCUT2D eigenvalue weighted by molar-refractivity contribution is 5.74. The number of hydrogen-bond donors (Lipinski definition) is 6. The second-order valence-corrected chi connectivity index (χ2v) is 3.21. The maximum atomic E-state index is 9.86. The number of carbonyl (C=O) groups is 2. The van der Waals surface area contributed by atoms with Gasteiger partial charge in [-0.1, -0.05) is 0 Å². The van der Waals surface area contributed by atoms with Crippen LogP contribution in [0.5, 0.6) is 0 Å². The number of aliphatic hydroxyl groups excluding tert-OH is 2. The summed E-state index contributed by atoms with van der Waals surface area (Å²) in [6.45, 7) is 2.66. The lowest BCUT2D eigenvalue weighted by Gasteiger charge is -2.07. The monoisotopic (exact) mass is 238 g/mol. The smallest absolute Gasteiger partial charge is 0.323 e. The van der Waals surface area contributed by atoms with Crippen LogP contribution in [0.2, 0.25) is 0 Å². The molecule has 0 bridgehead atoms. The van der Waals surface area contributed by atoms with Crippen LogP contribution < -0.4 is 11.5 Å². The zero-order valence-corrected chi connectivity index (χ0v) is 9.07. The first kappa shape index (κ1) is 17.2. The van der Waals surface area contributed by atoms with Crippen molar-refractivity contribution in [3.63, 3.8) is 0 Å². The van der Waals surface area contributed by atoms with Gasteiger partial charge in [0.1, 0.15) is 12.1 Å². The van der Waals surface area contributed by atoms with Gasteiger partial charge in [-0.2, -0.15) is 0 Å². The minimum absolute atomic E-state index is 0.979. The predicted molar refractivity (Wildman–Crippen MR) is 54.6 cm³/mol. The molecule has 0 aliphatic heterocycles. The number of nitrogens with two attached hydrogens (primary N) is 2. The minimum Gasteiger partial charge on any atom is -0.480 e. The van der Waals surface area contributed by atoms with Gasteiger partial charge in [-0.15, -0.1) is 0 Å². The molecule has 0 aromatic rings. The molecule has 8 heteroatoms. The van der Waals surface area contributed by atoms with E-state index >= 15 is 0 Å². The van der Waals surface area contributed by atoms with E-state index in [1.54, 1.807) is 0 Å². The summed E-state index contributed by atoms with van der Waals surface area (Å²) in [6, 6.07) is -2.31. The molecule has 0 saturated heterocycles. The van der Waals surface area contributed by atoms with Crippen LogP contribution >= 0.6 is 0 Å². The molecule has 0 saturated carbocycles. The van der Waals surface area contributed by atoms with Crippen LogP contribution in [0.25, 0.3) is 0 Å². The van der Waals surface area contributed by atoms with Crippen molar-refractivity contribution in [2.45, 2.75) is 38.1 Å². The van der Waals surface area contributed by atoms with Crippen LogP contribution in [-0.2, 0) is 9.59 Å². The van der Waals surface area contributed by atoms with Crippen LogP contribution in [-0.4, -0.2) is 56.7 Å². The zero-order valence-electron chi connectivity index (χ0n) is 9.07. The predicted octanol–water partition coefficient (Wildman–Crippen LogP) is -2.44. The van der Waals surface area contributed by atoms with Crippen molar-refractivity contribution in [3.8, 4) is 0 Å². The molecule has 0 spiro atoms. The molecule has 0 amide bonds. The Morgan fingerprint density at radius 2 is 1.06 bits per heavy atom. The third-order valence-corrected chi connectivity index (χ3v) is 1.61. The number of carboxylic acid groups (broad SMARTS) is 2. The molecule has 8 N–H and O–H groups in total. The van der Waals surface area contributed by atoms with E-state index in [1.165, 1.54) is 13.8 Å². The zero-order chi connectivity index (χ0) is 13.5. The standard InChI is InChI=1S/2C4H9NO3/c2*1-2(6)3(5)4(7)8/h2*2-3,6H,5H2,1H3,(H,7,8). The van der Waals surface area contributed by atoms with E-state index in [2.05, 4.69) is 0 Å². The summed E-state index contributed by atoms with van der Waals surface area (Å²) in [4.78, 5) is 19.7. The van der Waals surface area contributed by atoms with E-state index in [0.717, 1.165) is 0 Å². The summed E-state index contributed by atoms with van der Waals surface area (Å²) in [5.74, 6) is -2.36. The molecule has 0 radical (unpaired) electrons. The molecule has 4 unspecified atom stereocenters. The number of aliphatic hydroxyl groups is 2. The molecule has 0 aliphatic carbocycles. The highest BCUT2D eigenvalue weighted by Crippen LogP contribution is 1.86. The molecule has 0 heterocycles. The summed E-state index contributed by atoms with van der Waals surface area (Å²) in [7, 11) is 0. The van der Waals surface area contributed by atoms with Gasteiger partial charge in [-0.05, 0) is 13.8 Å². The molecular formula is C8H18N2O6. The first-order valence-corrected chi connectivity index (χ1v) is 4.44. The van der Waals surface area contributed by atoms with Gasteiger partial charge in [0.25, 0.3) is 0 Å². The SMILES string of the molecule is CC(O)C(N)C(=O)O.CC(O)C(N)C(=O)O. The van der Waals surface area contributed by atoms with Gasteiger partial charge in [0.05, 0.1) is 12.2 Å². The Kier molecular flexibility index (Phi) is 8.58. The quantitative estimate of drug-likeness (QED) is 0.314. The Labute approximate surface area is 92.5 Å². The van der Waals surface area contributed by atoms with Crippen LogP contribution in [0.3, 0.4) is 0 Å². The number of rotatable bonds is 4. The van der Waals surface area contributed by atoms with E-state index in [-0.39, 0.29) is 0 Å². The van der Waals surface area contributed by atoms with Gasteiger partial charge in [0.15, 0.2) is 0 Å². The molecule has 0 rings (SSSR count). The average molecular weight is 238 g/mol. The molecule has 0 aromatic carbocycles. The molecule has 4 atom stereocenters. The maximum absolute atomic E-state index is 9.86.